The van der Waals surface area contributed by atoms with Crippen LogP contribution < -0.4 is 14.8 Å². The van der Waals surface area contributed by atoms with Gasteiger partial charge in [0.25, 0.3) is 5.88 Å². The lowest BCUT2D eigenvalue weighted by Gasteiger charge is -2.30. The van der Waals surface area contributed by atoms with Crippen LogP contribution in [0.2, 0.25) is 0 Å². The van der Waals surface area contributed by atoms with Gasteiger partial charge in [0.05, 0.1) is 110 Å². The summed E-state index contributed by atoms with van der Waals surface area (Å²) >= 11 is 4.82. The first-order valence-corrected chi connectivity index (χ1v) is 40.8. The van der Waals surface area contributed by atoms with E-state index in [4.69, 9.17) is 18.5 Å². The fraction of sp³-hybridized carbons (Fsp3) is 0.435. The zero-order chi connectivity index (χ0) is 80.2. The third-order valence-corrected chi connectivity index (χ3v) is 23.9. The van der Waals surface area contributed by atoms with Gasteiger partial charge in [-0.3, -0.25) is 33.4 Å². The minimum Gasteiger partial charge on any atom is -0.479 e. The zero-order valence-corrected chi connectivity index (χ0v) is 68.1. The Hall–Kier alpha value is -9.90. The lowest BCUT2D eigenvalue weighted by molar-refractivity contribution is -0.142. The van der Waals surface area contributed by atoms with Crippen molar-refractivity contribution in [1.82, 2.24) is 55.1 Å². The van der Waals surface area contributed by atoms with Gasteiger partial charge in [0.1, 0.15) is 35.4 Å². The van der Waals surface area contributed by atoms with Crippen molar-refractivity contribution >= 4 is 69.2 Å². The van der Waals surface area contributed by atoms with Gasteiger partial charge in [-0.25, -0.2) is 15.0 Å². The van der Waals surface area contributed by atoms with Crippen molar-refractivity contribution in [3.8, 4) is 48.7 Å². The molecule has 0 spiro atoms. The van der Waals surface area contributed by atoms with E-state index >= 15 is 0 Å². The van der Waals surface area contributed by atoms with Crippen LogP contribution in [0.3, 0.4) is 0 Å². The maximum atomic E-state index is 13.9. The molecule has 4 amide bonds. The molecule has 0 radical (unpaired) electrons. The van der Waals surface area contributed by atoms with Crippen molar-refractivity contribution in [3.63, 3.8) is 0 Å². The number of para-hydroxylation sites is 1. The van der Waals surface area contributed by atoms with Crippen LogP contribution >= 0.6 is 34.0 Å². The van der Waals surface area contributed by atoms with E-state index in [9.17, 15) is 44.1 Å². The van der Waals surface area contributed by atoms with Gasteiger partial charge in [-0.1, -0.05) is 152 Å². The molecule has 4 N–H and O–H groups in total. The van der Waals surface area contributed by atoms with Gasteiger partial charge in [-0.2, -0.15) is 5.10 Å². The summed E-state index contributed by atoms with van der Waals surface area (Å²) in [4.78, 5) is 102. The molecule has 0 bridgehead atoms. The quantitative estimate of drug-likeness (QED) is 0.0372. The SMILES string of the molecule is CC[C@H](NC(=O)[C@@H]1C[C@@H](O)CN1C(=O)[C@@H](c1cc(C)no1)C(C)C)c1ccc(-c2scnc2C)cc1.COc1cc([C@H](C(=O)N2C[C@H](O)C[C@H]2C(=O)CCc2ccc(-c3scnc3C)cc2)C(C)C)on1.Cc1ncsc1-c1ccc([C@H](C)CC(=O)[C@@H]2C[C@@H](O)CN2C(=O)[C@H](C(C)C)n2cc(Oc3ccccc3)cn2)cc1. The lowest BCUT2D eigenvalue weighted by atomic mass is 9.91. The van der Waals surface area contributed by atoms with Crippen LogP contribution in [-0.4, -0.2) is 163 Å². The molecule has 24 nitrogen and oxygen atoms in total. The van der Waals surface area contributed by atoms with Crippen LogP contribution in [0.5, 0.6) is 17.4 Å². The number of benzene rings is 4. The molecule has 592 valence electrons. The van der Waals surface area contributed by atoms with Crippen molar-refractivity contribution < 1.29 is 62.6 Å². The Morgan fingerprint density at radius 2 is 1.04 bits per heavy atom. The van der Waals surface area contributed by atoms with Gasteiger partial charge < -0.3 is 53.9 Å². The summed E-state index contributed by atoms with van der Waals surface area (Å²) in [7, 11) is 1.48. The second-order valence-electron chi connectivity index (χ2n) is 30.3. The summed E-state index contributed by atoms with van der Waals surface area (Å²) in [5.74, 6) is -0.125. The topological polar surface area (TPSA) is 312 Å². The molecule has 3 aliphatic rings. The highest BCUT2D eigenvalue weighted by Gasteiger charge is 2.46. The van der Waals surface area contributed by atoms with Crippen molar-refractivity contribution in [2.75, 3.05) is 26.7 Å². The van der Waals surface area contributed by atoms with Crippen LogP contribution in [0.25, 0.3) is 31.3 Å². The summed E-state index contributed by atoms with van der Waals surface area (Å²) < 4.78 is 23.3. The highest BCUT2D eigenvalue weighted by Crippen LogP contribution is 2.38. The number of rotatable bonds is 27. The Balaban J connectivity index is 0.000000167. The average molecular weight is 1580 g/mol. The highest BCUT2D eigenvalue weighted by atomic mass is 32.1. The molecule has 4 aromatic carbocycles. The first kappa shape index (κ1) is 83.0. The molecule has 11 atom stereocenters. The van der Waals surface area contributed by atoms with Gasteiger partial charge >= 0.3 is 0 Å². The molecular weight excluding hydrogens is 1480 g/mol. The smallest absolute Gasteiger partial charge is 0.254 e. The number of ketones is 2. The monoisotopic (exact) mass is 1580 g/mol. The number of ether oxygens (including phenoxy) is 2. The van der Waals surface area contributed by atoms with Crippen molar-refractivity contribution in [3.05, 3.63) is 195 Å². The van der Waals surface area contributed by atoms with Gasteiger partial charge in [0.2, 0.25) is 23.6 Å². The van der Waals surface area contributed by atoms with Crippen molar-refractivity contribution in [2.24, 2.45) is 17.8 Å². The normalized spacial score (nSPS) is 18.9. The summed E-state index contributed by atoms with van der Waals surface area (Å²) in [5, 5.41) is 46.6. The Morgan fingerprint density at radius 3 is 1.50 bits per heavy atom. The molecule has 27 heteroatoms. The number of nitrogens with zero attached hydrogens (tertiary/aromatic N) is 10. The third-order valence-electron chi connectivity index (χ3n) is 21.0. The standard InChI is InChI=1S/C32H36N4O4S.C27H34N4O4S.C26H31N3O5S/c1-20(2)30(36-18-27(16-34-36)40-26-8-6-5-7-9-26)32(39)35-17-25(37)15-28(35)29(38)14-21(3)23-10-12-24(13-11-23)31-22(4)33-19-41-31;1-6-21(18-7-9-19(10-8-18)25-17(5)28-14-36-25)29-26(33)22-12-20(32)13-31(22)27(34)24(15(2)3)23-11-16(4)30-35-23;1-15(2)24(22-12-23(33-4)28-34-22)26(32)29-13-19(30)11-20(29)21(31)10-7-17-5-8-18(9-6-17)25-16(3)27-14-35-25/h5-13,16,18-21,25,28,30,37H,14-15,17H2,1-4H3;7-11,14-15,20-22,24,32H,6,12-13H2,1-5H3,(H,29,33);5-6,8-9,12,14-15,19-20,24,30H,7,10-11,13H2,1-4H3/t21-,25-,28+,30+;20-,21+,22+,24-;19-,20+,24-/m111/s1. The number of hydrogen-bond donors (Lipinski definition) is 4. The Bertz CT molecular complexity index is 4800. The number of amides is 4. The largest absolute Gasteiger partial charge is 0.479 e. The number of Topliss-reactive ketones (excluding diaryl/α,β-unsaturated/α-hetero) is 2. The van der Waals surface area contributed by atoms with Gasteiger partial charge in [0.15, 0.2) is 23.1 Å². The van der Waals surface area contributed by atoms with E-state index in [0.717, 1.165) is 65.1 Å². The van der Waals surface area contributed by atoms with E-state index in [1.807, 2.05) is 172 Å². The van der Waals surface area contributed by atoms with Gasteiger partial charge in [0, 0.05) is 63.9 Å². The van der Waals surface area contributed by atoms with E-state index in [2.05, 4.69) is 59.9 Å². The molecule has 0 aliphatic carbocycles. The van der Waals surface area contributed by atoms with Gasteiger partial charge in [-0.05, 0) is 115 Å². The molecule has 3 saturated heterocycles. The average Bonchev–Trinajstić information content (AvgIpc) is 1.65. The minimum atomic E-state index is -0.754. The molecular formula is C85H101N11O13S3. The van der Waals surface area contributed by atoms with E-state index < -0.39 is 54.3 Å². The van der Waals surface area contributed by atoms with Crippen molar-refractivity contribution in [1.29, 1.82) is 0 Å². The van der Waals surface area contributed by atoms with Gasteiger partial charge in [-0.15, -0.1) is 34.0 Å². The molecule has 0 unspecified atom stereocenters. The molecule has 6 aromatic heterocycles. The van der Waals surface area contributed by atoms with Crippen LogP contribution in [0.15, 0.2) is 153 Å². The minimum absolute atomic E-state index is 0.0292. The number of β-amino-alcohol motifs (C(OH)–C–C–N with tert-alkyl or cyclic N) is 3. The second kappa shape index (κ2) is 37.6. The van der Waals surface area contributed by atoms with E-state index in [0.29, 0.717) is 53.9 Å². The number of thiazole rings is 3. The Kier molecular flexibility index (Phi) is 27.9. The predicted molar refractivity (Wildman–Crippen MR) is 430 cm³/mol. The number of aliphatic hydroxyl groups excluding tert-OH is 3. The van der Waals surface area contributed by atoms with Crippen LogP contribution in [0.4, 0.5) is 0 Å². The van der Waals surface area contributed by atoms with Crippen LogP contribution in [0, 0.1) is 45.4 Å². The Labute approximate surface area is 665 Å². The number of carbonyl (C=O) groups excluding carboxylic acids is 6. The first-order chi connectivity index (χ1) is 53.7. The molecule has 13 rings (SSSR count). The summed E-state index contributed by atoms with van der Waals surface area (Å²) in [5.41, 5.74) is 15.6. The Morgan fingerprint density at radius 1 is 0.562 bits per heavy atom. The molecule has 10 aromatic rings. The molecule has 3 fully saturated rings. The van der Waals surface area contributed by atoms with Crippen LogP contribution in [-0.2, 0) is 35.2 Å². The number of methoxy groups -OCH3 is 1. The summed E-state index contributed by atoms with van der Waals surface area (Å²) in [6.45, 7) is 23.8. The van der Waals surface area contributed by atoms with E-state index in [1.165, 1.54) is 16.9 Å². The maximum Gasteiger partial charge on any atom is 0.254 e. The number of carbonyl (C=O) groups is 6. The second-order valence-corrected chi connectivity index (χ2v) is 32.8. The highest BCUT2D eigenvalue weighted by molar-refractivity contribution is 7.14. The van der Waals surface area contributed by atoms with Crippen LogP contribution in [0.1, 0.15) is 175 Å². The van der Waals surface area contributed by atoms with Crippen molar-refractivity contribution in [2.45, 2.75) is 194 Å². The third kappa shape index (κ3) is 19.9. The fourth-order valence-corrected chi connectivity index (χ4v) is 17.4. The van der Waals surface area contributed by atoms with E-state index in [-0.39, 0.29) is 110 Å². The molecule has 3 aliphatic heterocycles. The first-order valence-electron chi connectivity index (χ1n) is 38.2. The number of nitrogens with one attached hydrogen (secondary N) is 1. The molecule has 0 saturated carbocycles. The number of aromatic nitrogens is 7. The molecule has 112 heavy (non-hydrogen) atoms. The zero-order valence-electron chi connectivity index (χ0n) is 65.6. The van der Waals surface area contributed by atoms with E-state index in [1.54, 1.807) is 75.0 Å². The fourth-order valence-electron chi connectivity index (χ4n) is 15.0. The lowest BCUT2D eigenvalue weighted by Crippen LogP contribution is -2.48. The summed E-state index contributed by atoms with van der Waals surface area (Å²) in [6, 6.07) is 34.4. The number of aliphatic hydroxyl groups is 3. The predicted octanol–water partition coefficient (Wildman–Crippen LogP) is 14.4. The maximum absolute atomic E-state index is 13.9. The number of aryl methyl sites for hydroxylation is 5. The number of hydrogen-bond acceptors (Lipinski definition) is 22. The summed E-state index contributed by atoms with van der Waals surface area (Å²) in [6.07, 6.45) is 3.60. The number of likely N-dealkylation sites (tertiary alicyclic amines) is 3. The molecule has 9 heterocycles.